The molecule has 0 bridgehead atoms. The maximum Gasteiger partial charge on any atom is 0.158 e. The minimum Gasteiger partial charge on any atom is -0.396 e. The molecule has 0 aromatic carbocycles. The second-order valence-corrected chi connectivity index (χ2v) is 2.69. The molecule has 0 aliphatic carbocycles. The Kier molecular flexibility index (Phi) is 3.12. The second-order valence-electron chi connectivity index (χ2n) is 2.69. The van der Waals surface area contributed by atoms with Gasteiger partial charge in [0.05, 0.1) is 13.2 Å². The fourth-order valence-electron chi connectivity index (χ4n) is 0.946. The molecule has 0 amide bonds. The lowest BCUT2D eigenvalue weighted by atomic mass is 10.1. The van der Waals surface area contributed by atoms with Crippen LogP contribution in [-0.2, 0) is 9.47 Å². The molecule has 3 nitrogen and oxygen atoms in total. The van der Waals surface area contributed by atoms with E-state index >= 15 is 0 Å². The summed E-state index contributed by atoms with van der Waals surface area (Å²) in [5.41, 5.74) is 0. The molecule has 10 heavy (non-hydrogen) atoms. The van der Waals surface area contributed by atoms with Gasteiger partial charge >= 0.3 is 0 Å². The molecule has 0 unspecified atom stereocenters. The van der Waals surface area contributed by atoms with Gasteiger partial charge in [-0.3, -0.25) is 0 Å². The van der Waals surface area contributed by atoms with Crippen LogP contribution in [0.1, 0.15) is 13.3 Å². The van der Waals surface area contributed by atoms with E-state index in [1.165, 1.54) is 0 Å². The molecule has 3 heteroatoms. The van der Waals surface area contributed by atoms with Gasteiger partial charge in [-0.15, -0.1) is 0 Å². The van der Waals surface area contributed by atoms with E-state index < -0.39 is 0 Å². The highest BCUT2D eigenvalue weighted by molar-refractivity contribution is 4.57. The molecule has 0 spiro atoms. The van der Waals surface area contributed by atoms with Crippen molar-refractivity contribution in [3.8, 4) is 0 Å². The van der Waals surface area contributed by atoms with Crippen LogP contribution in [0.5, 0.6) is 0 Å². The summed E-state index contributed by atoms with van der Waals surface area (Å²) >= 11 is 0. The average molecular weight is 146 g/mol. The zero-order valence-corrected chi connectivity index (χ0v) is 6.25. The summed E-state index contributed by atoms with van der Waals surface area (Å²) in [4.78, 5) is 0. The molecule has 60 valence electrons. The predicted molar refractivity (Wildman–Crippen MR) is 36.6 cm³/mol. The third-order valence-corrected chi connectivity index (χ3v) is 1.60. The number of hydrogen-bond acceptors (Lipinski definition) is 3. The van der Waals surface area contributed by atoms with E-state index in [2.05, 4.69) is 0 Å². The second kappa shape index (κ2) is 3.91. The molecule has 1 saturated heterocycles. The lowest BCUT2D eigenvalue weighted by Crippen LogP contribution is -2.14. The zero-order valence-electron chi connectivity index (χ0n) is 6.25. The van der Waals surface area contributed by atoms with Crippen LogP contribution in [-0.4, -0.2) is 31.2 Å². The molecular weight excluding hydrogens is 132 g/mol. The van der Waals surface area contributed by atoms with Crippen LogP contribution in [0.4, 0.5) is 0 Å². The largest absolute Gasteiger partial charge is 0.396 e. The van der Waals surface area contributed by atoms with Gasteiger partial charge in [0.1, 0.15) is 0 Å². The molecule has 1 heterocycles. The predicted octanol–water partition coefficient (Wildman–Crippen LogP) is 0.378. The summed E-state index contributed by atoms with van der Waals surface area (Å²) in [7, 11) is 0. The maximum atomic E-state index is 8.68. The first-order chi connectivity index (χ1) is 4.83. The van der Waals surface area contributed by atoms with Crippen LogP contribution in [0.2, 0.25) is 0 Å². The molecule has 1 aliphatic rings. The quantitative estimate of drug-likeness (QED) is 0.625. The number of aliphatic hydroxyl groups excluding tert-OH is 1. The van der Waals surface area contributed by atoms with E-state index in [9.17, 15) is 0 Å². The third kappa shape index (κ3) is 2.25. The first kappa shape index (κ1) is 7.98. The first-order valence-electron chi connectivity index (χ1n) is 3.67. The molecule has 0 radical (unpaired) electrons. The van der Waals surface area contributed by atoms with E-state index in [0.717, 1.165) is 6.42 Å². The Labute approximate surface area is 60.9 Å². The molecule has 1 atom stereocenters. The monoisotopic (exact) mass is 146 g/mol. The Balaban J connectivity index is 2.11. The molecule has 1 N–H and O–H groups in total. The number of rotatable bonds is 3. The Morgan fingerprint density at radius 1 is 1.50 bits per heavy atom. The van der Waals surface area contributed by atoms with Gasteiger partial charge in [0.2, 0.25) is 0 Å². The standard InChI is InChI=1S/C7H14O3/c1-6(5-8)4-7-9-2-3-10-7/h6-8H,2-5H2,1H3/t6-/m1/s1. The summed E-state index contributed by atoms with van der Waals surface area (Å²) in [5.74, 6) is 0.281. The number of aliphatic hydroxyl groups is 1. The highest BCUT2D eigenvalue weighted by atomic mass is 16.7. The third-order valence-electron chi connectivity index (χ3n) is 1.60. The van der Waals surface area contributed by atoms with Crippen molar-refractivity contribution in [2.24, 2.45) is 5.92 Å². The smallest absolute Gasteiger partial charge is 0.158 e. The summed E-state index contributed by atoms with van der Waals surface area (Å²) in [6.07, 6.45) is 0.735. The Morgan fingerprint density at radius 2 is 2.10 bits per heavy atom. The average Bonchev–Trinajstić information content (AvgIpc) is 2.40. The number of hydrogen-bond donors (Lipinski definition) is 1. The van der Waals surface area contributed by atoms with Crippen molar-refractivity contribution in [2.75, 3.05) is 19.8 Å². The van der Waals surface area contributed by atoms with Gasteiger partial charge in [0.15, 0.2) is 6.29 Å². The molecule has 1 fully saturated rings. The van der Waals surface area contributed by atoms with E-state index in [4.69, 9.17) is 14.6 Å². The maximum absolute atomic E-state index is 8.68. The van der Waals surface area contributed by atoms with Gasteiger partial charge in [0.25, 0.3) is 0 Å². The summed E-state index contributed by atoms with van der Waals surface area (Å²) in [6, 6.07) is 0. The van der Waals surface area contributed by atoms with Crippen molar-refractivity contribution in [1.82, 2.24) is 0 Å². The van der Waals surface area contributed by atoms with Crippen LogP contribution in [0.15, 0.2) is 0 Å². The van der Waals surface area contributed by atoms with Gasteiger partial charge in [0, 0.05) is 13.0 Å². The van der Waals surface area contributed by atoms with Gasteiger partial charge < -0.3 is 14.6 Å². The van der Waals surface area contributed by atoms with Crippen molar-refractivity contribution in [1.29, 1.82) is 0 Å². The van der Waals surface area contributed by atoms with Crippen molar-refractivity contribution in [3.63, 3.8) is 0 Å². The van der Waals surface area contributed by atoms with Crippen LogP contribution in [0, 0.1) is 5.92 Å². The van der Waals surface area contributed by atoms with Gasteiger partial charge in [-0.2, -0.15) is 0 Å². The van der Waals surface area contributed by atoms with Crippen LogP contribution < -0.4 is 0 Å². The Bertz CT molecular complexity index is 88.9. The van der Waals surface area contributed by atoms with Gasteiger partial charge in [-0.25, -0.2) is 0 Å². The highest BCUT2D eigenvalue weighted by Gasteiger charge is 2.17. The van der Waals surface area contributed by atoms with Crippen molar-refractivity contribution < 1.29 is 14.6 Å². The van der Waals surface area contributed by atoms with Gasteiger partial charge in [-0.05, 0) is 5.92 Å². The van der Waals surface area contributed by atoms with Crippen LogP contribution in [0.3, 0.4) is 0 Å². The number of ether oxygens (including phenoxy) is 2. The minimum absolute atomic E-state index is 0.0675. The SMILES string of the molecule is C[C@@H](CO)CC1OCCO1. The van der Waals surface area contributed by atoms with Crippen molar-refractivity contribution in [3.05, 3.63) is 0 Å². The Hall–Kier alpha value is -0.120. The molecule has 1 aliphatic heterocycles. The van der Waals surface area contributed by atoms with Crippen molar-refractivity contribution >= 4 is 0 Å². The fraction of sp³-hybridized carbons (Fsp3) is 1.00. The first-order valence-corrected chi connectivity index (χ1v) is 3.67. The van der Waals surface area contributed by atoms with Crippen molar-refractivity contribution in [2.45, 2.75) is 19.6 Å². The fourth-order valence-corrected chi connectivity index (χ4v) is 0.946. The summed E-state index contributed by atoms with van der Waals surface area (Å²) < 4.78 is 10.4. The highest BCUT2D eigenvalue weighted by Crippen LogP contribution is 2.13. The lowest BCUT2D eigenvalue weighted by Gasteiger charge is -2.12. The molecule has 0 saturated carbocycles. The summed E-state index contributed by atoms with van der Waals surface area (Å²) in [5, 5.41) is 8.68. The summed E-state index contributed by atoms with van der Waals surface area (Å²) in [6.45, 7) is 3.58. The van der Waals surface area contributed by atoms with E-state index in [-0.39, 0.29) is 18.8 Å². The molecule has 0 aromatic heterocycles. The zero-order chi connectivity index (χ0) is 7.40. The van der Waals surface area contributed by atoms with Crippen LogP contribution in [0.25, 0.3) is 0 Å². The molecule has 0 aromatic rings. The normalized spacial score (nSPS) is 23.4. The molecular formula is C7H14O3. The van der Waals surface area contributed by atoms with Crippen LogP contribution >= 0.6 is 0 Å². The van der Waals surface area contributed by atoms with E-state index in [1.54, 1.807) is 0 Å². The Morgan fingerprint density at radius 3 is 2.60 bits per heavy atom. The van der Waals surface area contributed by atoms with E-state index in [0.29, 0.717) is 13.2 Å². The lowest BCUT2D eigenvalue weighted by molar-refractivity contribution is -0.0593. The van der Waals surface area contributed by atoms with E-state index in [1.807, 2.05) is 6.92 Å². The topological polar surface area (TPSA) is 38.7 Å². The minimum atomic E-state index is -0.0675. The van der Waals surface area contributed by atoms with Gasteiger partial charge in [-0.1, -0.05) is 6.92 Å². The molecule has 1 rings (SSSR count).